The highest BCUT2D eigenvalue weighted by Crippen LogP contribution is 2.66. The molecule has 0 amide bonds. The summed E-state index contributed by atoms with van der Waals surface area (Å²) in [5, 5.41) is 0. The molecule has 0 radical (unpaired) electrons. The van der Waals surface area contributed by atoms with Crippen LogP contribution in [0.3, 0.4) is 0 Å². The number of fused-ring (bicyclic) bond motifs is 11. The average Bonchev–Trinajstić information content (AvgIpc) is 3.18. The number of nitrogens with zero attached hydrogens (tertiary/aromatic N) is 1. The molecule has 0 fully saturated rings. The predicted molar refractivity (Wildman–Crippen MR) is 132 cm³/mol. The number of rotatable bonds is 0. The summed E-state index contributed by atoms with van der Waals surface area (Å²) in [6.45, 7) is 0. The highest BCUT2D eigenvalue weighted by Gasteiger charge is 2.53. The number of hydrogen-bond acceptors (Lipinski definition) is 2. The number of benzene rings is 5. The Bertz CT molecular complexity index is 1570. The second kappa shape index (κ2) is 5.93. The lowest BCUT2D eigenvalue weighted by Crippen LogP contribution is -2.37. The van der Waals surface area contributed by atoms with Crippen LogP contribution in [0, 0.1) is 0 Å². The van der Waals surface area contributed by atoms with Gasteiger partial charge in [-0.05, 0) is 57.6 Å². The molecule has 2 nitrogen and oxygen atoms in total. The van der Waals surface area contributed by atoms with Crippen molar-refractivity contribution in [3.8, 4) is 22.6 Å². The summed E-state index contributed by atoms with van der Waals surface area (Å²) in [5.74, 6) is 1.79. The van der Waals surface area contributed by atoms with Crippen LogP contribution in [-0.4, -0.2) is 0 Å². The molecule has 1 spiro atoms. The van der Waals surface area contributed by atoms with Gasteiger partial charge in [-0.1, -0.05) is 91.0 Å². The van der Waals surface area contributed by atoms with Gasteiger partial charge < -0.3 is 9.64 Å². The van der Waals surface area contributed by atoms with E-state index in [1.165, 1.54) is 39.1 Å². The Labute approximate surface area is 192 Å². The predicted octanol–water partition coefficient (Wildman–Crippen LogP) is 7.94. The Morgan fingerprint density at radius 2 is 1.00 bits per heavy atom. The Kier molecular flexibility index (Phi) is 3.11. The molecule has 5 aromatic rings. The molecule has 0 aromatic heterocycles. The SMILES string of the molecule is c1ccc2c(c1)Oc1cccc3c1N2c1ccccc1C31c2ccccc2-c2ccccc21. The van der Waals surface area contributed by atoms with Gasteiger partial charge in [0.1, 0.15) is 0 Å². The smallest absolute Gasteiger partial charge is 0.151 e. The average molecular weight is 421 g/mol. The van der Waals surface area contributed by atoms with Gasteiger partial charge >= 0.3 is 0 Å². The van der Waals surface area contributed by atoms with Crippen LogP contribution in [0.1, 0.15) is 22.3 Å². The molecule has 154 valence electrons. The maximum atomic E-state index is 6.48. The van der Waals surface area contributed by atoms with E-state index in [1.807, 2.05) is 6.07 Å². The van der Waals surface area contributed by atoms with E-state index < -0.39 is 0 Å². The first-order chi connectivity index (χ1) is 16.4. The molecule has 0 saturated carbocycles. The van der Waals surface area contributed by atoms with Crippen LogP contribution in [0.4, 0.5) is 17.1 Å². The summed E-state index contributed by atoms with van der Waals surface area (Å²) in [6.07, 6.45) is 0. The molecular weight excluding hydrogens is 402 g/mol. The van der Waals surface area contributed by atoms with E-state index >= 15 is 0 Å². The van der Waals surface area contributed by atoms with Crippen molar-refractivity contribution in [3.63, 3.8) is 0 Å². The quantitative estimate of drug-likeness (QED) is 0.246. The molecule has 2 heteroatoms. The van der Waals surface area contributed by atoms with Gasteiger partial charge in [0, 0.05) is 0 Å². The molecule has 33 heavy (non-hydrogen) atoms. The van der Waals surface area contributed by atoms with Crippen LogP contribution in [0.5, 0.6) is 11.5 Å². The van der Waals surface area contributed by atoms with Gasteiger partial charge in [-0.2, -0.15) is 0 Å². The Hall–Kier alpha value is -4.30. The molecule has 0 saturated heterocycles. The Balaban J connectivity index is 1.59. The van der Waals surface area contributed by atoms with Crippen molar-refractivity contribution in [2.45, 2.75) is 5.41 Å². The number of ether oxygens (including phenoxy) is 1. The standard InChI is InChI=1S/C31H19NO/c1-3-12-22-20(10-1)21-11-2-4-13-23(21)31(22)24-14-5-6-16-26(24)32-27-17-7-8-18-28(27)33-29-19-9-15-25(31)30(29)32/h1-19H. The van der Waals surface area contributed by atoms with Gasteiger partial charge in [0.05, 0.1) is 22.5 Å². The van der Waals surface area contributed by atoms with Crippen LogP contribution >= 0.6 is 0 Å². The summed E-state index contributed by atoms with van der Waals surface area (Å²) in [4.78, 5) is 2.40. The molecule has 3 aliphatic rings. The zero-order chi connectivity index (χ0) is 21.6. The molecule has 2 aliphatic heterocycles. The zero-order valence-corrected chi connectivity index (χ0v) is 17.8. The van der Waals surface area contributed by atoms with Crippen molar-refractivity contribution in [3.05, 3.63) is 138 Å². The zero-order valence-electron chi connectivity index (χ0n) is 17.8. The third kappa shape index (κ3) is 1.92. The van der Waals surface area contributed by atoms with E-state index in [2.05, 4.69) is 114 Å². The first-order valence-electron chi connectivity index (χ1n) is 11.4. The molecule has 8 rings (SSSR count). The molecule has 2 heterocycles. The van der Waals surface area contributed by atoms with E-state index in [4.69, 9.17) is 4.74 Å². The van der Waals surface area contributed by atoms with Crippen LogP contribution < -0.4 is 9.64 Å². The van der Waals surface area contributed by atoms with Gasteiger partial charge in [0.25, 0.3) is 0 Å². The van der Waals surface area contributed by atoms with E-state index in [0.717, 1.165) is 22.9 Å². The lowest BCUT2D eigenvalue weighted by molar-refractivity contribution is 0.473. The normalized spacial score (nSPS) is 15.1. The van der Waals surface area contributed by atoms with E-state index in [1.54, 1.807) is 0 Å². The van der Waals surface area contributed by atoms with Crippen LogP contribution in [0.2, 0.25) is 0 Å². The van der Waals surface area contributed by atoms with Gasteiger partial charge in [-0.25, -0.2) is 0 Å². The van der Waals surface area contributed by atoms with E-state index in [9.17, 15) is 0 Å². The van der Waals surface area contributed by atoms with Crippen molar-refractivity contribution >= 4 is 17.1 Å². The molecule has 0 N–H and O–H groups in total. The molecule has 0 bridgehead atoms. The molecule has 1 aliphatic carbocycles. The maximum Gasteiger partial charge on any atom is 0.151 e. The van der Waals surface area contributed by atoms with Crippen molar-refractivity contribution in [2.24, 2.45) is 0 Å². The lowest BCUT2D eigenvalue weighted by Gasteiger charge is -2.47. The fraction of sp³-hybridized carbons (Fsp3) is 0.0323. The molecule has 5 aromatic carbocycles. The highest BCUT2D eigenvalue weighted by molar-refractivity contribution is 5.99. The van der Waals surface area contributed by atoms with Crippen molar-refractivity contribution in [1.29, 1.82) is 0 Å². The van der Waals surface area contributed by atoms with Gasteiger partial charge in [-0.15, -0.1) is 0 Å². The molecule has 0 unspecified atom stereocenters. The first-order valence-corrected chi connectivity index (χ1v) is 11.4. The second-order valence-electron chi connectivity index (χ2n) is 8.92. The maximum absolute atomic E-state index is 6.48. The number of hydrogen-bond donors (Lipinski definition) is 0. The fourth-order valence-corrected chi connectivity index (χ4v) is 6.30. The monoisotopic (exact) mass is 421 g/mol. The first kappa shape index (κ1) is 17.3. The largest absolute Gasteiger partial charge is 0.453 e. The summed E-state index contributed by atoms with van der Waals surface area (Å²) >= 11 is 0. The summed E-state index contributed by atoms with van der Waals surface area (Å²) in [6, 6.07) is 41.5. The molecular formula is C31H19NO. The summed E-state index contributed by atoms with van der Waals surface area (Å²) in [7, 11) is 0. The molecule has 0 atom stereocenters. The Morgan fingerprint density at radius 1 is 0.455 bits per heavy atom. The van der Waals surface area contributed by atoms with Gasteiger partial charge in [0.2, 0.25) is 0 Å². The minimum Gasteiger partial charge on any atom is -0.453 e. The van der Waals surface area contributed by atoms with Crippen molar-refractivity contribution in [1.82, 2.24) is 0 Å². The third-order valence-electron chi connectivity index (χ3n) is 7.45. The van der Waals surface area contributed by atoms with Crippen LogP contribution in [-0.2, 0) is 5.41 Å². The second-order valence-corrected chi connectivity index (χ2v) is 8.92. The van der Waals surface area contributed by atoms with Crippen LogP contribution in [0.15, 0.2) is 115 Å². The highest BCUT2D eigenvalue weighted by atomic mass is 16.5. The minimum absolute atomic E-state index is 0.388. The van der Waals surface area contributed by atoms with Crippen LogP contribution in [0.25, 0.3) is 11.1 Å². The topological polar surface area (TPSA) is 12.5 Å². The third-order valence-corrected chi connectivity index (χ3v) is 7.45. The lowest BCUT2D eigenvalue weighted by atomic mass is 9.64. The summed E-state index contributed by atoms with van der Waals surface area (Å²) < 4.78 is 6.48. The van der Waals surface area contributed by atoms with Gasteiger partial charge in [-0.3, -0.25) is 0 Å². The minimum atomic E-state index is -0.388. The van der Waals surface area contributed by atoms with E-state index in [-0.39, 0.29) is 5.41 Å². The van der Waals surface area contributed by atoms with Gasteiger partial charge in [0.15, 0.2) is 11.5 Å². The fourth-order valence-electron chi connectivity index (χ4n) is 6.30. The number of para-hydroxylation sites is 4. The Morgan fingerprint density at radius 3 is 1.76 bits per heavy atom. The van der Waals surface area contributed by atoms with Crippen molar-refractivity contribution in [2.75, 3.05) is 4.90 Å². The van der Waals surface area contributed by atoms with E-state index in [0.29, 0.717) is 0 Å². The van der Waals surface area contributed by atoms with Crippen molar-refractivity contribution < 1.29 is 4.74 Å². The number of anilines is 3. The summed E-state index contributed by atoms with van der Waals surface area (Å²) in [5.41, 5.74) is 10.9.